The van der Waals surface area contributed by atoms with E-state index >= 15 is 0 Å². The molecule has 1 saturated heterocycles. The largest absolute Gasteiger partial charge is 0.381 e. The number of hydrogen-bond acceptors (Lipinski definition) is 5. The van der Waals surface area contributed by atoms with E-state index in [0.29, 0.717) is 12.0 Å². The Morgan fingerprint density at radius 3 is 2.95 bits per heavy atom. The minimum absolute atomic E-state index is 0.418. The molecule has 4 nitrogen and oxygen atoms in total. The van der Waals surface area contributed by atoms with E-state index in [1.807, 2.05) is 0 Å². The van der Waals surface area contributed by atoms with E-state index in [1.165, 1.54) is 0 Å². The normalized spacial score (nSPS) is 18.3. The Hall–Kier alpha value is -1.20. The van der Waals surface area contributed by atoms with Crippen molar-refractivity contribution in [2.75, 3.05) is 18.5 Å². The van der Waals surface area contributed by atoms with Gasteiger partial charge in [-0.25, -0.2) is 9.97 Å². The van der Waals surface area contributed by atoms with E-state index in [-0.39, 0.29) is 0 Å². The second-order valence-corrected chi connectivity index (χ2v) is 6.26. The van der Waals surface area contributed by atoms with Gasteiger partial charge in [0.2, 0.25) is 0 Å². The summed E-state index contributed by atoms with van der Waals surface area (Å²) >= 11 is 1.68. The van der Waals surface area contributed by atoms with Crippen LogP contribution in [0.3, 0.4) is 0 Å². The molecule has 3 heterocycles. The van der Waals surface area contributed by atoms with Crippen LogP contribution >= 0.6 is 11.3 Å². The summed E-state index contributed by atoms with van der Waals surface area (Å²) in [5, 5.41) is 6.85. The molecule has 0 spiro atoms. The summed E-state index contributed by atoms with van der Waals surface area (Å²) in [6.07, 6.45) is 3.13. The summed E-state index contributed by atoms with van der Waals surface area (Å²) < 4.78 is 5.44. The first-order valence-electron chi connectivity index (χ1n) is 7.36. The smallest absolute Gasteiger partial charge is 0.138 e. The van der Waals surface area contributed by atoms with E-state index in [2.05, 4.69) is 40.6 Å². The van der Waals surface area contributed by atoms with Crippen LogP contribution in [0, 0.1) is 5.92 Å². The van der Waals surface area contributed by atoms with Crippen molar-refractivity contribution in [2.24, 2.45) is 5.92 Å². The maximum absolute atomic E-state index is 5.44. The lowest BCUT2D eigenvalue weighted by molar-refractivity contribution is 0.0622. The first kappa shape index (κ1) is 13.8. The van der Waals surface area contributed by atoms with Crippen molar-refractivity contribution in [1.29, 1.82) is 0 Å². The van der Waals surface area contributed by atoms with E-state index in [4.69, 9.17) is 4.74 Å². The second-order valence-electron chi connectivity index (χ2n) is 5.36. The van der Waals surface area contributed by atoms with Gasteiger partial charge in [-0.15, -0.1) is 11.3 Å². The Morgan fingerprint density at radius 2 is 2.20 bits per heavy atom. The van der Waals surface area contributed by atoms with Crippen LogP contribution in [0.25, 0.3) is 10.2 Å². The van der Waals surface area contributed by atoms with Gasteiger partial charge in [0.15, 0.2) is 0 Å². The molecule has 0 aliphatic carbocycles. The van der Waals surface area contributed by atoms with Gasteiger partial charge in [-0.3, -0.25) is 0 Å². The molecule has 0 aromatic carbocycles. The number of ether oxygens (including phenoxy) is 1. The molecule has 3 rings (SSSR count). The Balaban J connectivity index is 1.83. The number of thiophene rings is 1. The van der Waals surface area contributed by atoms with Crippen molar-refractivity contribution in [3.8, 4) is 0 Å². The maximum Gasteiger partial charge on any atom is 0.138 e. The zero-order valence-corrected chi connectivity index (χ0v) is 12.9. The van der Waals surface area contributed by atoms with Gasteiger partial charge < -0.3 is 10.1 Å². The molecule has 0 radical (unpaired) electrons. The molecular weight excluding hydrogens is 270 g/mol. The number of rotatable bonds is 4. The van der Waals surface area contributed by atoms with Crippen LogP contribution in [0.15, 0.2) is 11.4 Å². The van der Waals surface area contributed by atoms with Crippen LogP contribution in [0.4, 0.5) is 5.82 Å². The molecule has 2 aromatic heterocycles. The first-order chi connectivity index (χ1) is 9.78. The standard InChI is InChI=1S/C15H21N3OS/c1-3-13-17-14(12-6-9-20-15(12)18-13)16-10(2)11-4-7-19-8-5-11/h6,9-11H,3-5,7-8H2,1-2H3,(H,16,17,18). The number of aryl methyl sites for hydroxylation is 1. The highest BCUT2D eigenvalue weighted by Gasteiger charge is 2.21. The van der Waals surface area contributed by atoms with Crippen molar-refractivity contribution in [3.05, 3.63) is 17.3 Å². The number of nitrogens with one attached hydrogen (secondary N) is 1. The minimum atomic E-state index is 0.418. The van der Waals surface area contributed by atoms with Gasteiger partial charge in [-0.05, 0) is 37.1 Å². The Kier molecular flexibility index (Phi) is 4.17. The molecule has 0 saturated carbocycles. The molecule has 1 atom stereocenters. The number of nitrogens with zero attached hydrogens (tertiary/aromatic N) is 2. The minimum Gasteiger partial charge on any atom is -0.381 e. The third-order valence-electron chi connectivity index (χ3n) is 4.03. The van der Waals surface area contributed by atoms with Crippen LogP contribution < -0.4 is 5.32 Å². The highest BCUT2D eigenvalue weighted by Crippen LogP contribution is 2.28. The van der Waals surface area contributed by atoms with Crippen molar-refractivity contribution >= 4 is 27.4 Å². The van der Waals surface area contributed by atoms with Crippen LogP contribution in [-0.4, -0.2) is 29.2 Å². The Morgan fingerprint density at radius 1 is 1.40 bits per heavy atom. The maximum atomic E-state index is 5.44. The lowest BCUT2D eigenvalue weighted by atomic mass is 9.93. The lowest BCUT2D eigenvalue weighted by Crippen LogP contribution is -2.31. The fourth-order valence-electron chi connectivity index (χ4n) is 2.72. The van der Waals surface area contributed by atoms with Crippen LogP contribution in [0.1, 0.15) is 32.5 Å². The summed E-state index contributed by atoms with van der Waals surface area (Å²) in [7, 11) is 0. The van der Waals surface area contributed by atoms with Crippen molar-refractivity contribution in [2.45, 2.75) is 39.2 Å². The number of anilines is 1. The van der Waals surface area contributed by atoms with Gasteiger partial charge in [0.25, 0.3) is 0 Å². The fraction of sp³-hybridized carbons (Fsp3) is 0.600. The number of hydrogen-bond donors (Lipinski definition) is 1. The molecule has 5 heteroatoms. The highest BCUT2D eigenvalue weighted by molar-refractivity contribution is 7.16. The summed E-state index contributed by atoms with van der Waals surface area (Å²) in [5.74, 6) is 2.58. The van der Waals surface area contributed by atoms with Crippen molar-refractivity contribution < 1.29 is 4.74 Å². The summed E-state index contributed by atoms with van der Waals surface area (Å²) in [6.45, 7) is 6.12. The van der Waals surface area contributed by atoms with Gasteiger partial charge in [0.05, 0.1) is 5.39 Å². The lowest BCUT2D eigenvalue weighted by Gasteiger charge is -2.28. The predicted octanol–water partition coefficient (Wildman–Crippen LogP) is 3.48. The summed E-state index contributed by atoms with van der Waals surface area (Å²) in [4.78, 5) is 10.3. The third kappa shape index (κ3) is 2.79. The van der Waals surface area contributed by atoms with Crippen LogP contribution in [-0.2, 0) is 11.2 Å². The monoisotopic (exact) mass is 291 g/mol. The second kappa shape index (κ2) is 6.06. The third-order valence-corrected chi connectivity index (χ3v) is 4.83. The van der Waals surface area contributed by atoms with E-state index in [0.717, 1.165) is 54.3 Å². The molecule has 0 amide bonds. The quantitative estimate of drug-likeness (QED) is 0.937. The predicted molar refractivity (Wildman–Crippen MR) is 83.4 cm³/mol. The zero-order chi connectivity index (χ0) is 13.9. The molecule has 0 bridgehead atoms. The topological polar surface area (TPSA) is 47.0 Å². The molecule has 1 unspecified atom stereocenters. The molecule has 1 aliphatic rings. The van der Waals surface area contributed by atoms with E-state index < -0.39 is 0 Å². The molecule has 2 aromatic rings. The van der Waals surface area contributed by atoms with Gasteiger partial charge in [-0.2, -0.15) is 0 Å². The summed E-state index contributed by atoms with van der Waals surface area (Å²) in [5.41, 5.74) is 0. The zero-order valence-electron chi connectivity index (χ0n) is 12.1. The molecule has 1 fully saturated rings. The number of fused-ring (bicyclic) bond motifs is 1. The van der Waals surface area contributed by atoms with Gasteiger partial charge in [-0.1, -0.05) is 6.92 Å². The summed E-state index contributed by atoms with van der Waals surface area (Å²) in [6, 6.07) is 2.53. The van der Waals surface area contributed by atoms with Gasteiger partial charge >= 0.3 is 0 Å². The molecule has 1 N–H and O–H groups in total. The van der Waals surface area contributed by atoms with E-state index in [1.54, 1.807) is 11.3 Å². The van der Waals surface area contributed by atoms with Gasteiger partial charge in [0, 0.05) is 25.7 Å². The van der Waals surface area contributed by atoms with E-state index in [9.17, 15) is 0 Å². The molecule has 108 valence electrons. The van der Waals surface area contributed by atoms with Crippen LogP contribution in [0.5, 0.6) is 0 Å². The number of aromatic nitrogens is 2. The van der Waals surface area contributed by atoms with Crippen molar-refractivity contribution in [1.82, 2.24) is 9.97 Å². The Labute approximate surface area is 123 Å². The SMILES string of the molecule is CCc1nc(NC(C)C2CCOCC2)c2ccsc2n1. The molecular formula is C15H21N3OS. The molecule has 1 aliphatic heterocycles. The highest BCUT2D eigenvalue weighted by atomic mass is 32.1. The fourth-order valence-corrected chi connectivity index (χ4v) is 3.50. The van der Waals surface area contributed by atoms with Crippen LogP contribution in [0.2, 0.25) is 0 Å². The van der Waals surface area contributed by atoms with Crippen molar-refractivity contribution in [3.63, 3.8) is 0 Å². The molecule has 20 heavy (non-hydrogen) atoms. The Bertz CT molecular complexity index is 578. The first-order valence-corrected chi connectivity index (χ1v) is 8.24. The van der Waals surface area contributed by atoms with Gasteiger partial charge in [0.1, 0.15) is 16.5 Å². The average Bonchev–Trinajstić information content (AvgIpc) is 2.96. The average molecular weight is 291 g/mol.